The number of anilines is 2. The second-order valence-corrected chi connectivity index (χ2v) is 7.67. The Morgan fingerprint density at radius 3 is 2.68 bits per heavy atom. The van der Waals surface area contributed by atoms with Gasteiger partial charge >= 0.3 is 5.97 Å². The first-order chi connectivity index (χ1) is 14.9. The first-order valence-corrected chi connectivity index (χ1v) is 10.0. The lowest BCUT2D eigenvalue weighted by Crippen LogP contribution is -2.54. The van der Waals surface area contributed by atoms with E-state index in [0.29, 0.717) is 34.8 Å². The monoisotopic (exact) mass is 486 g/mol. The van der Waals surface area contributed by atoms with Crippen molar-refractivity contribution in [1.82, 2.24) is 9.97 Å². The van der Waals surface area contributed by atoms with E-state index in [-0.39, 0.29) is 23.2 Å². The lowest BCUT2D eigenvalue weighted by atomic mass is 10.1. The predicted octanol–water partition coefficient (Wildman–Crippen LogP) is 3.60. The van der Waals surface area contributed by atoms with E-state index < -0.39 is 11.9 Å². The number of carboxylic acid groups (broad SMARTS) is 1. The van der Waals surface area contributed by atoms with Crippen molar-refractivity contribution < 1.29 is 23.8 Å². The summed E-state index contributed by atoms with van der Waals surface area (Å²) in [5, 5.41) is 11.6. The fourth-order valence-corrected chi connectivity index (χ4v) is 3.31. The van der Waals surface area contributed by atoms with Gasteiger partial charge in [-0.3, -0.25) is 4.79 Å². The minimum absolute atomic E-state index is 0.0686. The fraction of sp³-hybridized carbons (Fsp3) is 0.143. The Morgan fingerprint density at radius 1 is 1.16 bits per heavy atom. The van der Waals surface area contributed by atoms with Crippen LogP contribution in [-0.4, -0.2) is 46.1 Å². The molecule has 10 heteroatoms. The van der Waals surface area contributed by atoms with Crippen molar-refractivity contribution in [3.63, 3.8) is 0 Å². The molecule has 1 aliphatic rings. The van der Waals surface area contributed by atoms with Gasteiger partial charge < -0.3 is 20.1 Å². The Hall–Kier alpha value is -3.53. The van der Waals surface area contributed by atoms with Crippen LogP contribution in [-0.2, 0) is 0 Å². The number of nitrogens with zero attached hydrogens (tertiary/aromatic N) is 3. The number of carbonyl (C=O) groups excluding carboxylic acids is 1. The normalized spacial score (nSPS) is 13.4. The quantitative estimate of drug-likeness (QED) is 0.548. The van der Waals surface area contributed by atoms with Crippen molar-refractivity contribution in [1.29, 1.82) is 0 Å². The number of aromatic nitrogens is 2. The summed E-state index contributed by atoms with van der Waals surface area (Å²) in [5.41, 5.74) is 0.516. The molecule has 4 rings (SSSR count). The third kappa shape index (κ3) is 4.80. The van der Waals surface area contributed by atoms with E-state index in [9.17, 15) is 14.0 Å². The minimum Gasteiger partial charge on any atom is -0.485 e. The first-order valence-electron chi connectivity index (χ1n) is 9.22. The summed E-state index contributed by atoms with van der Waals surface area (Å²) in [7, 11) is 0. The molecule has 0 bridgehead atoms. The largest absolute Gasteiger partial charge is 0.485 e. The smallest absolute Gasteiger partial charge is 0.335 e. The number of aromatic carboxylic acids is 1. The third-order valence-corrected chi connectivity index (χ3v) is 5.25. The molecule has 0 saturated carbocycles. The van der Waals surface area contributed by atoms with E-state index in [1.807, 2.05) is 4.90 Å². The highest BCUT2D eigenvalue weighted by atomic mass is 79.9. The van der Waals surface area contributed by atoms with Gasteiger partial charge in [0.25, 0.3) is 5.91 Å². The van der Waals surface area contributed by atoms with Gasteiger partial charge in [0.2, 0.25) is 0 Å². The molecule has 31 heavy (non-hydrogen) atoms. The van der Waals surface area contributed by atoms with E-state index in [1.165, 1.54) is 36.7 Å². The van der Waals surface area contributed by atoms with Gasteiger partial charge in [-0.25, -0.2) is 19.2 Å². The van der Waals surface area contributed by atoms with Crippen LogP contribution in [0.4, 0.5) is 15.9 Å². The molecule has 1 aliphatic heterocycles. The highest BCUT2D eigenvalue weighted by Gasteiger charge is 2.30. The molecule has 1 saturated heterocycles. The van der Waals surface area contributed by atoms with Crippen LogP contribution in [0.15, 0.2) is 59.3 Å². The number of ether oxygens (including phenoxy) is 1. The van der Waals surface area contributed by atoms with E-state index in [4.69, 9.17) is 9.84 Å². The Bertz CT molecular complexity index is 1140. The fourth-order valence-electron chi connectivity index (χ4n) is 2.97. The number of amides is 1. The zero-order valence-electron chi connectivity index (χ0n) is 16.0. The van der Waals surface area contributed by atoms with Gasteiger partial charge in [0.05, 0.1) is 35.5 Å². The number of halogens is 2. The van der Waals surface area contributed by atoms with E-state index in [1.54, 1.807) is 18.2 Å². The predicted molar refractivity (Wildman–Crippen MR) is 114 cm³/mol. The number of benzene rings is 2. The van der Waals surface area contributed by atoms with Crippen molar-refractivity contribution >= 4 is 39.3 Å². The average molecular weight is 487 g/mol. The van der Waals surface area contributed by atoms with Crippen molar-refractivity contribution in [3.05, 3.63) is 76.4 Å². The van der Waals surface area contributed by atoms with Crippen LogP contribution >= 0.6 is 15.9 Å². The summed E-state index contributed by atoms with van der Waals surface area (Å²) >= 11 is 3.33. The van der Waals surface area contributed by atoms with Crippen LogP contribution < -0.4 is 15.0 Å². The lowest BCUT2D eigenvalue weighted by Gasteiger charge is -2.39. The molecule has 2 N–H and O–H groups in total. The van der Waals surface area contributed by atoms with Gasteiger partial charge in [-0.15, -0.1) is 0 Å². The Balaban J connectivity index is 1.33. The van der Waals surface area contributed by atoms with E-state index in [2.05, 4.69) is 31.2 Å². The summed E-state index contributed by atoms with van der Waals surface area (Å²) in [6.45, 7) is 1.09. The topological polar surface area (TPSA) is 105 Å². The summed E-state index contributed by atoms with van der Waals surface area (Å²) in [6, 6.07) is 10.2. The third-order valence-electron chi connectivity index (χ3n) is 4.60. The number of hydrogen-bond donors (Lipinski definition) is 2. The first kappa shape index (κ1) is 20.7. The summed E-state index contributed by atoms with van der Waals surface area (Å²) in [6.07, 6.45) is 2.71. The molecular formula is C21H16BrFN4O4. The molecule has 3 aromatic rings. The molecule has 8 nitrogen and oxygen atoms in total. The summed E-state index contributed by atoms with van der Waals surface area (Å²) in [5.74, 6) is -0.926. The minimum atomic E-state index is -1.08. The number of carboxylic acids is 1. The number of carbonyl (C=O) groups is 2. The molecule has 0 spiro atoms. The maximum atomic E-state index is 13.4. The van der Waals surface area contributed by atoms with Crippen molar-refractivity contribution in [2.45, 2.75) is 6.10 Å². The van der Waals surface area contributed by atoms with Crippen LogP contribution in [0.5, 0.6) is 5.75 Å². The van der Waals surface area contributed by atoms with Gasteiger partial charge in [-0.2, -0.15) is 0 Å². The van der Waals surface area contributed by atoms with Crippen LogP contribution in [0.25, 0.3) is 0 Å². The van der Waals surface area contributed by atoms with E-state index in [0.717, 1.165) is 0 Å². The Labute approximate surface area is 184 Å². The zero-order chi connectivity index (χ0) is 22.0. The van der Waals surface area contributed by atoms with E-state index >= 15 is 0 Å². The molecular weight excluding hydrogens is 471 g/mol. The van der Waals surface area contributed by atoms with Gasteiger partial charge in [0.15, 0.2) is 0 Å². The molecule has 0 aliphatic carbocycles. The van der Waals surface area contributed by atoms with Crippen LogP contribution in [0.3, 0.4) is 0 Å². The van der Waals surface area contributed by atoms with Gasteiger partial charge in [0.1, 0.15) is 29.2 Å². The molecule has 0 unspecified atom stereocenters. The zero-order valence-corrected chi connectivity index (χ0v) is 17.5. The van der Waals surface area contributed by atoms with Gasteiger partial charge in [0, 0.05) is 11.8 Å². The van der Waals surface area contributed by atoms with Crippen molar-refractivity contribution in [2.24, 2.45) is 0 Å². The maximum Gasteiger partial charge on any atom is 0.335 e. The Morgan fingerprint density at radius 2 is 1.97 bits per heavy atom. The molecule has 1 amide bonds. The van der Waals surface area contributed by atoms with Crippen LogP contribution in [0, 0.1) is 5.82 Å². The molecule has 0 atom stereocenters. The van der Waals surface area contributed by atoms with Gasteiger partial charge in [-0.1, -0.05) is 6.07 Å². The summed E-state index contributed by atoms with van der Waals surface area (Å²) in [4.78, 5) is 33.7. The second-order valence-electron chi connectivity index (χ2n) is 6.82. The second kappa shape index (κ2) is 8.68. The SMILES string of the molecule is O=C(O)c1cccc(NC(=O)c2cnc(N3CC(Oc4cc(F)ccc4Br)C3)cn2)c1. The highest BCUT2D eigenvalue weighted by Crippen LogP contribution is 2.29. The maximum absolute atomic E-state index is 13.4. The molecule has 1 aromatic heterocycles. The van der Waals surface area contributed by atoms with Crippen molar-refractivity contribution in [3.8, 4) is 5.75 Å². The molecule has 0 radical (unpaired) electrons. The van der Waals surface area contributed by atoms with Crippen LogP contribution in [0.1, 0.15) is 20.8 Å². The average Bonchev–Trinajstić information content (AvgIpc) is 2.73. The molecule has 1 fully saturated rings. The number of rotatable bonds is 6. The van der Waals surface area contributed by atoms with Crippen LogP contribution in [0.2, 0.25) is 0 Å². The standard InChI is InChI=1S/C21H16BrFN4O4/c22-16-5-4-13(23)7-18(16)31-15-10-27(11-15)19-9-24-17(8-25-19)20(28)26-14-3-1-2-12(6-14)21(29)30/h1-9,15H,10-11H2,(H,26,28)(H,29,30). The summed E-state index contributed by atoms with van der Waals surface area (Å²) < 4.78 is 19.8. The van der Waals surface area contributed by atoms with Crippen molar-refractivity contribution in [2.75, 3.05) is 23.3 Å². The number of hydrogen-bond acceptors (Lipinski definition) is 6. The molecule has 2 heterocycles. The Kier molecular flexibility index (Phi) is 5.81. The highest BCUT2D eigenvalue weighted by molar-refractivity contribution is 9.10. The number of nitrogens with one attached hydrogen (secondary N) is 1. The molecule has 158 valence electrons. The van der Waals surface area contributed by atoms with Gasteiger partial charge in [-0.05, 0) is 46.3 Å². The molecule has 2 aromatic carbocycles. The lowest BCUT2D eigenvalue weighted by molar-refractivity contribution is 0.0696.